The summed E-state index contributed by atoms with van der Waals surface area (Å²) < 4.78 is 22.0. The van der Waals surface area contributed by atoms with E-state index in [2.05, 4.69) is 0 Å². The van der Waals surface area contributed by atoms with E-state index in [4.69, 9.17) is 10.9 Å². The van der Waals surface area contributed by atoms with Gasteiger partial charge in [-0.3, -0.25) is 4.79 Å². The lowest BCUT2D eigenvalue weighted by Gasteiger charge is -2.18. The number of hydrogen-bond donors (Lipinski definition) is 2. The number of amides is 1. The number of carbonyl (C=O) groups excluding carboxylic acids is 1. The molecule has 1 aliphatic heterocycles. The predicted octanol–water partition coefficient (Wildman–Crippen LogP) is -1.78. The molecule has 4 N–H and O–H groups in total. The molecule has 0 saturated carbocycles. The van der Waals surface area contributed by atoms with Gasteiger partial charge in [0.15, 0.2) is 0 Å². The fourth-order valence-corrected chi connectivity index (χ4v) is 2.24. The molecule has 0 aromatic heterocycles. The summed E-state index contributed by atoms with van der Waals surface area (Å²) >= 11 is 0. The van der Waals surface area contributed by atoms with Crippen molar-refractivity contribution in [3.05, 3.63) is 0 Å². The average molecular weight is 221 g/mol. The van der Waals surface area contributed by atoms with Crippen molar-refractivity contribution in [2.24, 2.45) is 10.9 Å². The van der Waals surface area contributed by atoms with E-state index in [0.29, 0.717) is 6.54 Å². The van der Waals surface area contributed by atoms with E-state index in [1.54, 1.807) is 6.92 Å². The van der Waals surface area contributed by atoms with Crippen LogP contribution in [0.25, 0.3) is 0 Å². The van der Waals surface area contributed by atoms with Gasteiger partial charge in [0.1, 0.15) is 5.25 Å². The third-order valence-electron chi connectivity index (χ3n) is 2.15. The van der Waals surface area contributed by atoms with E-state index in [0.717, 1.165) is 0 Å². The number of sulfonamides is 1. The molecular weight excluding hydrogens is 206 g/mol. The summed E-state index contributed by atoms with van der Waals surface area (Å²) in [5.74, 6) is -0.193. The van der Waals surface area contributed by atoms with E-state index in [-0.39, 0.29) is 24.9 Å². The smallest absolute Gasteiger partial charge is 0.224 e. The highest BCUT2D eigenvalue weighted by atomic mass is 32.2. The van der Waals surface area contributed by atoms with E-state index < -0.39 is 15.3 Å². The van der Waals surface area contributed by atoms with E-state index in [9.17, 15) is 13.2 Å². The van der Waals surface area contributed by atoms with E-state index >= 15 is 0 Å². The Bertz CT molecular complexity index is 325. The number of nitrogens with two attached hydrogens (primary N) is 2. The van der Waals surface area contributed by atoms with Crippen LogP contribution in [0.3, 0.4) is 0 Å². The molecule has 1 rings (SSSR count). The second-order valence-corrected chi connectivity index (χ2v) is 5.54. The Morgan fingerprint density at radius 2 is 2.21 bits per heavy atom. The second kappa shape index (κ2) is 3.84. The fourth-order valence-electron chi connectivity index (χ4n) is 1.48. The molecule has 1 fully saturated rings. The predicted molar refractivity (Wildman–Crippen MR) is 51.7 cm³/mol. The average Bonchev–Trinajstić information content (AvgIpc) is 2.30. The zero-order chi connectivity index (χ0) is 10.9. The van der Waals surface area contributed by atoms with Gasteiger partial charge in [-0.25, -0.2) is 13.6 Å². The number of nitrogens with zero attached hydrogens (tertiary/aromatic N) is 1. The molecular formula is C7H15N3O3S. The molecule has 0 aromatic rings. The van der Waals surface area contributed by atoms with Crippen LogP contribution in [0.1, 0.15) is 13.3 Å². The van der Waals surface area contributed by atoms with Gasteiger partial charge >= 0.3 is 0 Å². The third-order valence-corrected chi connectivity index (χ3v) is 3.40. The molecule has 0 bridgehead atoms. The zero-order valence-electron chi connectivity index (χ0n) is 8.01. The highest BCUT2D eigenvalue weighted by Crippen LogP contribution is 2.16. The standard InChI is InChI=1S/C7H15N3O3S/c1-5(8)3-10-4-6(2-7(10)11)14(9,12)13/h5-6H,2-4,8H2,1H3,(H2,9,12,13). The summed E-state index contributed by atoms with van der Waals surface area (Å²) in [6, 6.07) is -0.154. The Labute approximate surface area is 83.3 Å². The van der Waals surface area contributed by atoms with Crippen molar-refractivity contribution in [3.63, 3.8) is 0 Å². The Morgan fingerprint density at radius 1 is 1.64 bits per heavy atom. The summed E-state index contributed by atoms with van der Waals surface area (Å²) in [4.78, 5) is 12.8. The van der Waals surface area contributed by atoms with Crippen molar-refractivity contribution < 1.29 is 13.2 Å². The van der Waals surface area contributed by atoms with Crippen LogP contribution < -0.4 is 10.9 Å². The maximum atomic E-state index is 11.3. The van der Waals surface area contributed by atoms with Crippen LogP contribution in [-0.2, 0) is 14.8 Å². The Hall–Kier alpha value is -0.660. The van der Waals surface area contributed by atoms with Gasteiger partial charge < -0.3 is 10.6 Å². The molecule has 1 saturated heterocycles. The first kappa shape index (κ1) is 11.4. The first-order valence-electron chi connectivity index (χ1n) is 4.35. The molecule has 6 nitrogen and oxygen atoms in total. The maximum Gasteiger partial charge on any atom is 0.224 e. The van der Waals surface area contributed by atoms with Gasteiger partial charge in [0, 0.05) is 25.6 Å². The minimum atomic E-state index is -3.61. The van der Waals surface area contributed by atoms with Crippen molar-refractivity contribution >= 4 is 15.9 Å². The van der Waals surface area contributed by atoms with E-state index in [1.807, 2.05) is 0 Å². The largest absolute Gasteiger partial charge is 0.340 e. The number of likely N-dealkylation sites (tertiary alicyclic amines) is 1. The monoisotopic (exact) mass is 221 g/mol. The Morgan fingerprint density at radius 3 is 2.57 bits per heavy atom. The van der Waals surface area contributed by atoms with Crippen LogP contribution in [0, 0.1) is 0 Å². The molecule has 14 heavy (non-hydrogen) atoms. The Kier molecular flexibility index (Phi) is 3.13. The minimum absolute atomic E-state index is 0.0223. The molecule has 1 heterocycles. The number of primary sulfonamides is 1. The third kappa shape index (κ3) is 2.66. The van der Waals surface area contributed by atoms with E-state index in [1.165, 1.54) is 4.90 Å². The number of rotatable bonds is 3. The molecule has 7 heteroatoms. The van der Waals surface area contributed by atoms with Crippen molar-refractivity contribution in [1.82, 2.24) is 4.90 Å². The van der Waals surface area contributed by atoms with Gasteiger partial charge in [-0.15, -0.1) is 0 Å². The molecule has 0 spiro atoms. The fraction of sp³-hybridized carbons (Fsp3) is 0.857. The lowest BCUT2D eigenvalue weighted by Crippen LogP contribution is -2.38. The molecule has 0 aromatic carbocycles. The Balaban J connectivity index is 2.65. The van der Waals surface area contributed by atoms with Crippen LogP contribution in [-0.4, -0.2) is 43.6 Å². The highest BCUT2D eigenvalue weighted by molar-refractivity contribution is 7.89. The maximum absolute atomic E-state index is 11.3. The SMILES string of the molecule is CC(N)CN1CC(S(N)(=O)=O)CC1=O. The van der Waals surface area contributed by atoms with Crippen LogP contribution in [0.5, 0.6) is 0 Å². The van der Waals surface area contributed by atoms with Crippen LogP contribution >= 0.6 is 0 Å². The molecule has 1 amide bonds. The summed E-state index contributed by atoms with van der Waals surface area (Å²) in [5, 5.41) is 4.19. The van der Waals surface area contributed by atoms with Crippen molar-refractivity contribution in [1.29, 1.82) is 0 Å². The van der Waals surface area contributed by atoms with Crippen LogP contribution in [0.15, 0.2) is 0 Å². The van der Waals surface area contributed by atoms with Gasteiger partial charge in [0.25, 0.3) is 0 Å². The summed E-state index contributed by atoms with van der Waals surface area (Å²) in [5.41, 5.74) is 5.51. The minimum Gasteiger partial charge on any atom is -0.340 e. The summed E-state index contributed by atoms with van der Waals surface area (Å²) in [6.45, 7) is 2.31. The van der Waals surface area contributed by atoms with Gasteiger partial charge in [-0.05, 0) is 6.92 Å². The zero-order valence-corrected chi connectivity index (χ0v) is 8.83. The van der Waals surface area contributed by atoms with Gasteiger partial charge in [0.2, 0.25) is 15.9 Å². The molecule has 0 radical (unpaired) electrons. The van der Waals surface area contributed by atoms with Gasteiger partial charge in [-0.2, -0.15) is 0 Å². The summed E-state index contributed by atoms with van der Waals surface area (Å²) in [7, 11) is -3.61. The van der Waals surface area contributed by atoms with Gasteiger partial charge in [-0.1, -0.05) is 0 Å². The van der Waals surface area contributed by atoms with Crippen molar-refractivity contribution in [3.8, 4) is 0 Å². The first-order valence-corrected chi connectivity index (χ1v) is 5.96. The molecule has 2 atom stereocenters. The summed E-state index contributed by atoms with van der Waals surface area (Å²) in [6.07, 6.45) is -0.0223. The van der Waals surface area contributed by atoms with Crippen LogP contribution in [0.4, 0.5) is 0 Å². The molecule has 82 valence electrons. The van der Waals surface area contributed by atoms with Crippen molar-refractivity contribution in [2.45, 2.75) is 24.6 Å². The normalized spacial score (nSPS) is 25.5. The quantitative estimate of drug-likeness (QED) is 0.587. The first-order chi connectivity index (χ1) is 6.30. The van der Waals surface area contributed by atoms with Crippen LogP contribution in [0.2, 0.25) is 0 Å². The van der Waals surface area contributed by atoms with Gasteiger partial charge in [0.05, 0.1) is 0 Å². The topological polar surface area (TPSA) is 106 Å². The second-order valence-electron chi connectivity index (χ2n) is 3.69. The lowest BCUT2D eigenvalue weighted by molar-refractivity contribution is -0.127. The molecule has 2 unspecified atom stereocenters. The highest BCUT2D eigenvalue weighted by Gasteiger charge is 2.36. The molecule has 0 aliphatic carbocycles. The lowest BCUT2D eigenvalue weighted by atomic mass is 10.3. The number of carbonyl (C=O) groups is 1. The molecule has 1 aliphatic rings. The van der Waals surface area contributed by atoms with Crippen molar-refractivity contribution in [2.75, 3.05) is 13.1 Å². The number of hydrogen-bond acceptors (Lipinski definition) is 4.